The van der Waals surface area contributed by atoms with Crippen LogP contribution in [-0.4, -0.2) is 82.2 Å². The van der Waals surface area contributed by atoms with Crippen molar-refractivity contribution in [1.29, 1.82) is 0 Å². The summed E-state index contributed by atoms with van der Waals surface area (Å²) in [5, 5.41) is 0. The Labute approximate surface area is 187 Å². The minimum atomic E-state index is 0.0238. The van der Waals surface area contributed by atoms with Gasteiger partial charge in [-0.2, -0.15) is 4.98 Å². The third-order valence-electron chi connectivity index (χ3n) is 6.53. The van der Waals surface area contributed by atoms with Gasteiger partial charge in [-0.25, -0.2) is 15.0 Å². The van der Waals surface area contributed by atoms with E-state index in [0.717, 1.165) is 55.2 Å². The molecule has 3 aliphatic rings. The molecule has 10 heteroatoms. The molecule has 0 bridgehead atoms. The minimum absolute atomic E-state index is 0.0238. The summed E-state index contributed by atoms with van der Waals surface area (Å²) >= 11 is 0. The van der Waals surface area contributed by atoms with Gasteiger partial charge in [0.25, 0.3) is 0 Å². The van der Waals surface area contributed by atoms with Crippen LogP contribution in [0.2, 0.25) is 0 Å². The number of carbonyl (C=O) groups is 1. The second-order valence-corrected chi connectivity index (χ2v) is 9.12. The number of amides is 1. The van der Waals surface area contributed by atoms with Gasteiger partial charge < -0.3 is 25.2 Å². The van der Waals surface area contributed by atoms with Crippen molar-refractivity contribution in [2.75, 3.05) is 54.9 Å². The number of ether oxygens (including phenoxy) is 1. The Kier molecular flexibility index (Phi) is 5.32. The molecule has 1 amide bonds. The summed E-state index contributed by atoms with van der Waals surface area (Å²) in [6, 6.07) is 0.467. The molecule has 2 fully saturated rings. The monoisotopic (exact) mass is 438 g/mol. The lowest BCUT2D eigenvalue weighted by molar-refractivity contribution is -0.138. The van der Waals surface area contributed by atoms with E-state index in [1.165, 1.54) is 0 Å². The molecular formula is C22H30N8O2. The van der Waals surface area contributed by atoms with Gasteiger partial charge in [-0.15, -0.1) is 0 Å². The van der Waals surface area contributed by atoms with Crippen molar-refractivity contribution in [2.24, 2.45) is 5.92 Å². The highest BCUT2D eigenvalue weighted by molar-refractivity contribution is 5.79. The van der Waals surface area contributed by atoms with Crippen LogP contribution < -0.4 is 15.5 Å². The van der Waals surface area contributed by atoms with Crippen LogP contribution in [0.5, 0.6) is 0 Å². The minimum Gasteiger partial charge on any atom is -0.377 e. The Morgan fingerprint density at radius 1 is 1.16 bits per heavy atom. The van der Waals surface area contributed by atoms with Crippen LogP contribution in [0.25, 0.3) is 11.3 Å². The molecule has 5 heterocycles. The Balaban J connectivity index is 1.50. The highest BCUT2D eigenvalue weighted by Crippen LogP contribution is 2.38. The normalized spacial score (nSPS) is 21.1. The molecule has 170 valence electrons. The Hall–Kier alpha value is -3.01. The number of nitrogens with two attached hydrogens (primary N) is 1. The van der Waals surface area contributed by atoms with Crippen LogP contribution >= 0.6 is 0 Å². The van der Waals surface area contributed by atoms with Crippen molar-refractivity contribution in [3.63, 3.8) is 0 Å². The Morgan fingerprint density at radius 3 is 2.59 bits per heavy atom. The summed E-state index contributed by atoms with van der Waals surface area (Å²) in [6.07, 6.45) is 4.31. The molecule has 0 spiro atoms. The number of nitrogens with zero attached hydrogens (tertiary/aromatic N) is 7. The lowest BCUT2D eigenvalue weighted by Gasteiger charge is -2.45. The van der Waals surface area contributed by atoms with Gasteiger partial charge in [-0.05, 0) is 13.3 Å². The van der Waals surface area contributed by atoms with Crippen molar-refractivity contribution in [2.45, 2.75) is 39.3 Å². The predicted octanol–water partition coefficient (Wildman–Crippen LogP) is 0.970. The van der Waals surface area contributed by atoms with Gasteiger partial charge >= 0.3 is 0 Å². The summed E-state index contributed by atoms with van der Waals surface area (Å²) in [5.74, 6) is 2.14. The van der Waals surface area contributed by atoms with Gasteiger partial charge in [0.1, 0.15) is 5.82 Å². The molecule has 1 atom stereocenters. The molecule has 32 heavy (non-hydrogen) atoms. The molecule has 0 aliphatic carbocycles. The number of aromatic nitrogens is 4. The zero-order valence-corrected chi connectivity index (χ0v) is 18.9. The fraction of sp³-hybridized carbons (Fsp3) is 0.591. The van der Waals surface area contributed by atoms with E-state index >= 15 is 0 Å². The molecule has 5 rings (SSSR count). The van der Waals surface area contributed by atoms with Crippen molar-refractivity contribution in [1.82, 2.24) is 24.8 Å². The maximum absolute atomic E-state index is 12.3. The first-order chi connectivity index (χ1) is 15.4. The number of rotatable bonds is 4. The molecular weight excluding hydrogens is 408 g/mol. The maximum atomic E-state index is 12.3. The van der Waals surface area contributed by atoms with E-state index in [4.69, 9.17) is 20.4 Å². The quantitative estimate of drug-likeness (QED) is 0.746. The summed E-state index contributed by atoms with van der Waals surface area (Å²) < 4.78 is 5.61. The third kappa shape index (κ3) is 3.62. The van der Waals surface area contributed by atoms with Crippen LogP contribution in [-0.2, 0) is 16.0 Å². The highest BCUT2D eigenvalue weighted by Gasteiger charge is 2.40. The van der Waals surface area contributed by atoms with E-state index in [0.29, 0.717) is 19.2 Å². The molecule has 0 aromatic carbocycles. The molecule has 0 radical (unpaired) electrons. The third-order valence-corrected chi connectivity index (χ3v) is 6.53. The number of nitrogen functional groups attached to an aromatic ring is 1. The highest BCUT2D eigenvalue weighted by atomic mass is 16.5. The molecule has 2 aromatic rings. The standard InChI is InChI=1S/C22H30N8O2/c1-13(2)20(31)28-10-16(11-28)30-5-4-17-18(15-8-24-21(23)25-9-15)26-22(27-19(17)30)29-6-7-32-12-14(29)3/h8-9,13-14,16H,4-7,10-12H2,1-3H3,(H2,23,24,25)/t14-/m0/s1. The van der Waals surface area contributed by atoms with Gasteiger partial charge in [0.05, 0.1) is 31.0 Å². The summed E-state index contributed by atoms with van der Waals surface area (Å²) in [5.41, 5.74) is 8.52. The SMILES string of the molecule is CC(C)C(=O)N1CC(N2CCc3c(-c4cnc(N)nc4)nc(N4CCOC[C@@H]4C)nc32)C1. The fourth-order valence-electron chi connectivity index (χ4n) is 4.67. The topological polar surface area (TPSA) is 114 Å². The average Bonchev–Trinajstić information content (AvgIpc) is 3.16. The Bertz CT molecular complexity index is 1010. The van der Waals surface area contributed by atoms with Crippen LogP contribution in [0.15, 0.2) is 12.4 Å². The number of carbonyl (C=O) groups excluding carboxylic acids is 1. The fourth-order valence-corrected chi connectivity index (χ4v) is 4.67. The van der Waals surface area contributed by atoms with Gasteiger partial charge in [-0.1, -0.05) is 13.8 Å². The number of fused-ring (bicyclic) bond motifs is 1. The van der Waals surface area contributed by atoms with Crippen LogP contribution in [0.1, 0.15) is 26.3 Å². The van der Waals surface area contributed by atoms with Crippen LogP contribution in [0.4, 0.5) is 17.7 Å². The number of anilines is 3. The molecule has 2 saturated heterocycles. The molecule has 3 aliphatic heterocycles. The first-order valence-electron chi connectivity index (χ1n) is 11.3. The van der Waals surface area contributed by atoms with Gasteiger partial charge in [0.15, 0.2) is 0 Å². The van der Waals surface area contributed by atoms with E-state index in [-0.39, 0.29) is 29.9 Å². The smallest absolute Gasteiger partial charge is 0.228 e. The van der Waals surface area contributed by atoms with Crippen LogP contribution in [0.3, 0.4) is 0 Å². The lowest BCUT2D eigenvalue weighted by atomic mass is 10.0. The largest absolute Gasteiger partial charge is 0.377 e. The second kappa shape index (κ2) is 8.16. The Morgan fingerprint density at radius 2 is 1.91 bits per heavy atom. The molecule has 0 unspecified atom stereocenters. The molecule has 0 saturated carbocycles. The predicted molar refractivity (Wildman–Crippen MR) is 121 cm³/mol. The van der Waals surface area contributed by atoms with E-state index in [9.17, 15) is 4.79 Å². The number of hydrogen-bond acceptors (Lipinski definition) is 9. The summed E-state index contributed by atoms with van der Waals surface area (Å²) in [7, 11) is 0. The van der Waals surface area contributed by atoms with Crippen molar-refractivity contribution < 1.29 is 9.53 Å². The van der Waals surface area contributed by atoms with E-state index < -0.39 is 0 Å². The zero-order valence-electron chi connectivity index (χ0n) is 18.9. The summed E-state index contributed by atoms with van der Waals surface area (Å²) in [4.78, 5) is 37.2. The average molecular weight is 439 g/mol. The first kappa shape index (κ1) is 20.9. The number of likely N-dealkylation sites (tertiary alicyclic amines) is 1. The molecule has 2 aromatic heterocycles. The van der Waals surface area contributed by atoms with Crippen LogP contribution in [0, 0.1) is 5.92 Å². The molecule has 2 N–H and O–H groups in total. The van der Waals surface area contributed by atoms with Crippen molar-refractivity contribution >= 4 is 23.6 Å². The van der Waals surface area contributed by atoms with Crippen molar-refractivity contribution in [3.05, 3.63) is 18.0 Å². The number of morpholine rings is 1. The van der Waals surface area contributed by atoms with E-state index in [1.807, 2.05) is 18.7 Å². The van der Waals surface area contributed by atoms with E-state index in [2.05, 4.69) is 26.7 Å². The lowest BCUT2D eigenvalue weighted by Crippen LogP contribution is -2.61. The number of hydrogen-bond donors (Lipinski definition) is 1. The van der Waals surface area contributed by atoms with Gasteiger partial charge in [-0.3, -0.25) is 4.79 Å². The van der Waals surface area contributed by atoms with Gasteiger partial charge in [0.2, 0.25) is 17.8 Å². The zero-order chi connectivity index (χ0) is 22.4. The molecule has 10 nitrogen and oxygen atoms in total. The van der Waals surface area contributed by atoms with Gasteiger partial charge in [0, 0.05) is 55.6 Å². The second-order valence-electron chi connectivity index (χ2n) is 9.12. The van der Waals surface area contributed by atoms with E-state index in [1.54, 1.807) is 12.4 Å². The van der Waals surface area contributed by atoms with Crippen molar-refractivity contribution in [3.8, 4) is 11.3 Å². The first-order valence-corrected chi connectivity index (χ1v) is 11.3. The maximum Gasteiger partial charge on any atom is 0.228 e. The summed E-state index contributed by atoms with van der Waals surface area (Å²) in [6.45, 7) is 10.4.